The molecule has 0 bridgehead atoms. The van der Waals surface area contributed by atoms with E-state index in [9.17, 15) is 0 Å². The monoisotopic (exact) mass is 176 g/mol. The molecule has 66 valence electrons. The van der Waals surface area contributed by atoms with Crippen LogP contribution in [0.15, 0.2) is 30.9 Å². The number of nitrogens with one attached hydrogen (secondary N) is 1. The van der Waals surface area contributed by atoms with Crippen LogP contribution >= 0.6 is 0 Å². The summed E-state index contributed by atoms with van der Waals surface area (Å²) in [7, 11) is 0. The first-order valence-electron chi connectivity index (χ1n) is 3.69. The zero-order valence-electron chi connectivity index (χ0n) is 6.75. The number of nitrogens with two attached hydrogens (primary N) is 1. The van der Waals surface area contributed by atoms with E-state index in [0.717, 1.165) is 0 Å². The van der Waals surface area contributed by atoms with Crippen LogP contribution < -0.4 is 11.3 Å². The number of hydrogen-bond acceptors (Lipinski definition) is 5. The van der Waals surface area contributed by atoms with Crippen molar-refractivity contribution >= 4 is 5.82 Å². The van der Waals surface area contributed by atoms with E-state index in [2.05, 4.69) is 20.5 Å². The predicted molar refractivity (Wildman–Crippen MR) is 47.0 cm³/mol. The second-order valence-corrected chi connectivity index (χ2v) is 2.36. The fourth-order valence-electron chi connectivity index (χ4n) is 0.940. The molecule has 6 nitrogen and oxygen atoms in total. The van der Waals surface area contributed by atoms with Gasteiger partial charge in [-0.15, -0.1) is 0 Å². The molecule has 2 rings (SSSR count). The highest BCUT2D eigenvalue weighted by atomic mass is 15.3. The lowest BCUT2D eigenvalue weighted by Gasteiger charge is -2.01. The van der Waals surface area contributed by atoms with Gasteiger partial charge >= 0.3 is 0 Å². The zero-order chi connectivity index (χ0) is 9.10. The Kier molecular flexibility index (Phi) is 1.89. The Morgan fingerprint density at radius 2 is 2.31 bits per heavy atom. The van der Waals surface area contributed by atoms with E-state index in [1.54, 1.807) is 23.3 Å². The summed E-state index contributed by atoms with van der Waals surface area (Å²) < 4.78 is 1.60. The van der Waals surface area contributed by atoms with E-state index < -0.39 is 0 Å². The van der Waals surface area contributed by atoms with Gasteiger partial charge in [-0.05, 0) is 6.07 Å². The molecule has 2 aromatic heterocycles. The molecular formula is C7H8N6. The Bertz CT molecular complexity index is 382. The van der Waals surface area contributed by atoms with Gasteiger partial charge in [0, 0.05) is 12.4 Å². The van der Waals surface area contributed by atoms with Gasteiger partial charge in [0.2, 0.25) is 0 Å². The Morgan fingerprint density at radius 1 is 1.38 bits per heavy atom. The van der Waals surface area contributed by atoms with Crippen LogP contribution in [0.4, 0.5) is 5.82 Å². The van der Waals surface area contributed by atoms with Crippen LogP contribution in [0, 0.1) is 0 Å². The van der Waals surface area contributed by atoms with Gasteiger partial charge in [0.1, 0.15) is 0 Å². The molecule has 0 aliphatic carbocycles. The van der Waals surface area contributed by atoms with Crippen LogP contribution in [0.25, 0.3) is 5.82 Å². The van der Waals surface area contributed by atoms with Crippen molar-refractivity contribution in [3.8, 4) is 5.82 Å². The van der Waals surface area contributed by atoms with E-state index in [1.165, 1.54) is 6.20 Å². The topological polar surface area (TPSA) is 81.6 Å². The number of hydrazine groups is 1. The van der Waals surface area contributed by atoms with Crippen LogP contribution in [0.3, 0.4) is 0 Å². The summed E-state index contributed by atoms with van der Waals surface area (Å²) in [5.41, 5.74) is 2.41. The minimum atomic E-state index is 0.507. The number of aromatic nitrogens is 4. The highest BCUT2D eigenvalue weighted by Gasteiger charge is 1.98. The maximum Gasteiger partial charge on any atom is 0.174 e. The third kappa shape index (κ3) is 1.47. The molecular weight excluding hydrogens is 168 g/mol. The van der Waals surface area contributed by atoms with E-state index in [1.807, 2.05) is 6.07 Å². The lowest BCUT2D eigenvalue weighted by atomic mass is 10.6. The van der Waals surface area contributed by atoms with E-state index in [0.29, 0.717) is 11.6 Å². The lowest BCUT2D eigenvalue weighted by molar-refractivity contribution is 0.838. The number of rotatable bonds is 2. The molecule has 0 saturated heterocycles. The molecule has 0 spiro atoms. The standard InChI is InChI=1S/C7H8N6/c8-12-6-4-9-5-7(11-6)13-3-1-2-10-13/h1-5H,8H2,(H,11,12). The maximum absolute atomic E-state index is 5.19. The van der Waals surface area contributed by atoms with Crippen molar-refractivity contribution in [2.24, 2.45) is 5.84 Å². The van der Waals surface area contributed by atoms with Gasteiger partial charge in [-0.3, -0.25) is 4.98 Å². The first kappa shape index (κ1) is 7.69. The van der Waals surface area contributed by atoms with Gasteiger partial charge in [0.05, 0.1) is 12.4 Å². The normalized spacial score (nSPS) is 9.92. The number of nitrogens with zero attached hydrogens (tertiary/aromatic N) is 4. The van der Waals surface area contributed by atoms with Crippen molar-refractivity contribution < 1.29 is 0 Å². The highest BCUT2D eigenvalue weighted by molar-refractivity contribution is 5.33. The maximum atomic E-state index is 5.19. The van der Waals surface area contributed by atoms with E-state index in [-0.39, 0.29) is 0 Å². The smallest absolute Gasteiger partial charge is 0.174 e. The minimum Gasteiger partial charge on any atom is -0.307 e. The second-order valence-electron chi connectivity index (χ2n) is 2.36. The SMILES string of the molecule is NNc1cncc(-n2cccn2)n1. The molecule has 0 aromatic carbocycles. The first-order chi connectivity index (χ1) is 6.40. The van der Waals surface area contributed by atoms with Crippen LogP contribution in [0.2, 0.25) is 0 Å². The van der Waals surface area contributed by atoms with Crippen LogP contribution in [-0.4, -0.2) is 19.7 Å². The molecule has 0 saturated carbocycles. The average molecular weight is 176 g/mol. The minimum absolute atomic E-state index is 0.507. The molecule has 0 radical (unpaired) electrons. The van der Waals surface area contributed by atoms with Crippen LogP contribution in [0.5, 0.6) is 0 Å². The number of hydrogen-bond donors (Lipinski definition) is 2. The second kappa shape index (κ2) is 3.20. The molecule has 0 unspecified atom stereocenters. The summed E-state index contributed by atoms with van der Waals surface area (Å²) in [5.74, 6) is 6.32. The average Bonchev–Trinajstić information content (AvgIpc) is 2.71. The van der Waals surface area contributed by atoms with Crippen molar-refractivity contribution in [2.75, 3.05) is 5.43 Å². The summed E-state index contributed by atoms with van der Waals surface area (Å²) in [6.07, 6.45) is 6.59. The van der Waals surface area contributed by atoms with E-state index >= 15 is 0 Å². The van der Waals surface area contributed by atoms with E-state index in [4.69, 9.17) is 5.84 Å². The summed E-state index contributed by atoms with van der Waals surface area (Å²) in [6.45, 7) is 0. The Labute approximate surface area is 74.4 Å². The lowest BCUT2D eigenvalue weighted by Crippen LogP contribution is -2.10. The number of nitrogen functional groups attached to an aromatic ring is 1. The highest BCUT2D eigenvalue weighted by Crippen LogP contribution is 2.03. The van der Waals surface area contributed by atoms with Gasteiger partial charge < -0.3 is 5.43 Å². The molecule has 0 aliphatic rings. The van der Waals surface area contributed by atoms with Crippen LogP contribution in [-0.2, 0) is 0 Å². The molecule has 0 atom stereocenters. The molecule has 0 amide bonds. The molecule has 2 heterocycles. The summed E-state index contributed by atoms with van der Waals surface area (Å²) in [4.78, 5) is 8.08. The predicted octanol–water partition coefficient (Wildman–Crippen LogP) is -0.0521. The number of anilines is 1. The van der Waals surface area contributed by atoms with Crippen molar-refractivity contribution in [3.63, 3.8) is 0 Å². The van der Waals surface area contributed by atoms with Gasteiger partial charge in [-0.25, -0.2) is 15.5 Å². The summed E-state index contributed by atoms with van der Waals surface area (Å²) in [5, 5.41) is 4.01. The Morgan fingerprint density at radius 3 is 3.00 bits per heavy atom. The zero-order valence-corrected chi connectivity index (χ0v) is 6.75. The van der Waals surface area contributed by atoms with Gasteiger partial charge in [-0.2, -0.15) is 5.10 Å². The summed E-state index contributed by atoms with van der Waals surface area (Å²) >= 11 is 0. The molecule has 6 heteroatoms. The fraction of sp³-hybridized carbons (Fsp3) is 0. The third-order valence-corrected chi connectivity index (χ3v) is 1.51. The van der Waals surface area contributed by atoms with Crippen molar-refractivity contribution in [2.45, 2.75) is 0 Å². The van der Waals surface area contributed by atoms with Crippen LogP contribution in [0.1, 0.15) is 0 Å². The largest absolute Gasteiger partial charge is 0.307 e. The summed E-state index contributed by atoms with van der Waals surface area (Å²) in [6, 6.07) is 1.81. The molecule has 3 N–H and O–H groups in total. The van der Waals surface area contributed by atoms with Crippen molar-refractivity contribution in [3.05, 3.63) is 30.9 Å². The molecule has 13 heavy (non-hydrogen) atoms. The van der Waals surface area contributed by atoms with Gasteiger partial charge in [-0.1, -0.05) is 0 Å². The molecule has 2 aromatic rings. The Balaban J connectivity index is 2.41. The first-order valence-corrected chi connectivity index (χ1v) is 3.69. The van der Waals surface area contributed by atoms with Crippen molar-refractivity contribution in [1.82, 2.24) is 19.7 Å². The quantitative estimate of drug-likeness (QED) is 0.495. The molecule has 0 fully saturated rings. The Hall–Kier alpha value is -1.95. The third-order valence-electron chi connectivity index (χ3n) is 1.51. The molecule has 0 aliphatic heterocycles. The fourth-order valence-corrected chi connectivity index (χ4v) is 0.940. The van der Waals surface area contributed by atoms with Crippen molar-refractivity contribution in [1.29, 1.82) is 0 Å². The van der Waals surface area contributed by atoms with Gasteiger partial charge in [0.25, 0.3) is 0 Å². The van der Waals surface area contributed by atoms with Gasteiger partial charge in [0.15, 0.2) is 11.6 Å².